The average molecular weight is 402 g/mol. The molecule has 1 aliphatic rings. The van der Waals surface area contributed by atoms with Crippen molar-refractivity contribution in [3.63, 3.8) is 0 Å². The van der Waals surface area contributed by atoms with Gasteiger partial charge in [-0.25, -0.2) is 9.97 Å². The molecule has 0 unspecified atom stereocenters. The highest BCUT2D eigenvalue weighted by atomic mass is 35.5. The highest BCUT2D eigenvalue weighted by molar-refractivity contribution is 6.30. The number of aromatic nitrogens is 4. The maximum atomic E-state index is 10.7. The van der Waals surface area contributed by atoms with E-state index in [4.69, 9.17) is 16.1 Å². The minimum absolute atomic E-state index is 0.115. The van der Waals surface area contributed by atoms with Gasteiger partial charge in [0.1, 0.15) is 12.4 Å². The van der Waals surface area contributed by atoms with Crippen LogP contribution in [-0.2, 0) is 6.54 Å². The van der Waals surface area contributed by atoms with Crippen LogP contribution in [0.5, 0.6) is 0 Å². The topological polar surface area (TPSA) is 114 Å². The summed E-state index contributed by atoms with van der Waals surface area (Å²) < 4.78 is 5.36. The molecule has 1 aromatic carbocycles. The van der Waals surface area contributed by atoms with Crippen LogP contribution in [0.25, 0.3) is 11.4 Å². The standard InChI is InChI=1S/C17H16ClN7O3/c18-13-3-1-12(2-4-13)16-21-15(28-22-16)11-23-5-7-24(8-6-23)17-19-9-14(10-20-17)25(26)27/h1-4,9-10H,5-8,11H2. The van der Waals surface area contributed by atoms with Crippen molar-refractivity contribution in [1.29, 1.82) is 0 Å². The molecule has 28 heavy (non-hydrogen) atoms. The number of nitro groups is 1. The van der Waals surface area contributed by atoms with Crippen LogP contribution in [-0.4, -0.2) is 56.1 Å². The molecule has 1 saturated heterocycles. The summed E-state index contributed by atoms with van der Waals surface area (Å²) in [5, 5.41) is 15.4. The number of benzene rings is 1. The molecule has 0 bridgehead atoms. The fourth-order valence-electron chi connectivity index (χ4n) is 2.90. The van der Waals surface area contributed by atoms with Crippen LogP contribution in [0.2, 0.25) is 5.02 Å². The van der Waals surface area contributed by atoms with E-state index in [0.717, 1.165) is 18.7 Å². The highest BCUT2D eigenvalue weighted by Crippen LogP contribution is 2.20. The van der Waals surface area contributed by atoms with E-state index in [1.807, 2.05) is 17.0 Å². The molecule has 0 aliphatic carbocycles. The van der Waals surface area contributed by atoms with Crippen LogP contribution in [0.3, 0.4) is 0 Å². The Labute approximate surface area is 164 Å². The zero-order chi connectivity index (χ0) is 19.5. The zero-order valence-electron chi connectivity index (χ0n) is 14.7. The Morgan fingerprint density at radius 2 is 1.79 bits per heavy atom. The van der Waals surface area contributed by atoms with E-state index in [0.29, 0.717) is 42.3 Å². The number of piperazine rings is 1. The Bertz CT molecular complexity index is 954. The van der Waals surface area contributed by atoms with Gasteiger partial charge < -0.3 is 9.42 Å². The third-order valence-corrected chi connectivity index (χ3v) is 4.67. The van der Waals surface area contributed by atoms with Crippen molar-refractivity contribution in [3.05, 3.63) is 57.7 Å². The van der Waals surface area contributed by atoms with Gasteiger partial charge in [-0.2, -0.15) is 4.98 Å². The van der Waals surface area contributed by atoms with Gasteiger partial charge in [0, 0.05) is 36.8 Å². The van der Waals surface area contributed by atoms with E-state index in [-0.39, 0.29) is 5.69 Å². The smallest absolute Gasteiger partial charge is 0.305 e. The van der Waals surface area contributed by atoms with Crippen molar-refractivity contribution in [2.45, 2.75) is 6.54 Å². The Morgan fingerprint density at radius 3 is 2.43 bits per heavy atom. The molecule has 4 rings (SSSR count). The minimum atomic E-state index is -0.510. The molecule has 11 heteroatoms. The molecule has 0 spiro atoms. The first-order valence-corrected chi connectivity index (χ1v) is 8.98. The summed E-state index contributed by atoms with van der Waals surface area (Å²) in [5.41, 5.74) is 0.731. The van der Waals surface area contributed by atoms with E-state index in [9.17, 15) is 10.1 Å². The Kier molecular flexibility index (Phi) is 5.13. The fraction of sp³-hybridized carbons (Fsp3) is 0.294. The lowest BCUT2D eigenvalue weighted by Gasteiger charge is -2.33. The third-order valence-electron chi connectivity index (χ3n) is 4.42. The van der Waals surface area contributed by atoms with Gasteiger partial charge in [-0.15, -0.1) is 0 Å². The predicted molar refractivity (Wildman–Crippen MR) is 101 cm³/mol. The SMILES string of the molecule is O=[N+]([O-])c1cnc(N2CCN(Cc3nc(-c4ccc(Cl)cc4)no3)CC2)nc1. The summed E-state index contributed by atoms with van der Waals surface area (Å²) in [6, 6.07) is 7.26. The first-order valence-electron chi connectivity index (χ1n) is 8.61. The van der Waals surface area contributed by atoms with Gasteiger partial charge in [-0.05, 0) is 24.3 Å². The van der Waals surface area contributed by atoms with Crippen LogP contribution < -0.4 is 4.90 Å². The Hall–Kier alpha value is -3.11. The number of hydrogen-bond donors (Lipinski definition) is 0. The van der Waals surface area contributed by atoms with E-state index < -0.39 is 4.92 Å². The van der Waals surface area contributed by atoms with Gasteiger partial charge in [0.05, 0.1) is 11.5 Å². The Balaban J connectivity index is 1.33. The van der Waals surface area contributed by atoms with E-state index in [2.05, 4.69) is 25.0 Å². The molecule has 3 heterocycles. The maximum Gasteiger partial charge on any atom is 0.305 e. The van der Waals surface area contributed by atoms with Crippen molar-refractivity contribution in [1.82, 2.24) is 25.0 Å². The summed E-state index contributed by atoms with van der Waals surface area (Å²) in [5.74, 6) is 1.57. The molecule has 10 nitrogen and oxygen atoms in total. The van der Waals surface area contributed by atoms with Crippen LogP contribution in [0, 0.1) is 10.1 Å². The first kappa shape index (κ1) is 18.3. The summed E-state index contributed by atoms with van der Waals surface area (Å²) in [7, 11) is 0. The fourth-order valence-corrected chi connectivity index (χ4v) is 3.03. The maximum absolute atomic E-state index is 10.7. The molecule has 0 saturated carbocycles. The molecule has 3 aromatic rings. The summed E-state index contributed by atoms with van der Waals surface area (Å²) in [6.45, 7) is 3.49. The van der Waals surface area contributed by atoms with Gasteiger partial charge in [-0.1, -0.05) is 16.8 Å². The largest absolute Gasteiger partial charge is 0.338 e. The summed E-state index contributed by atoms with van der Waals surface area (Å²) in [6.07, 6.45) is 2.46. The number of halogens is 1. The lowest BCUT2D eigenvalue weighted by atomic mass is 10.2. The molecule has 0 N–H and O–H groups in total. The normalized spacial score (nSPS) is 15.0. The third kappa shape index (κ3) is 4.07. The quantitative estimate of drug-likeness (QED) is 0.469. The highest BCUT2D eigenvalue weighted by Gasteiger charge is 2.21. The van der Waals surface area contributed by atoms with Crippen molar-refractivity contribution in [2.24, 2.45) is 0 Å². The second-order valence-corrected chi connectivity index (χ2v) is 6.72. The van der Waals surface area contributed by atoms with Crippen LogP contribution in [0.4, 0.5) is 11.6 Å². The lowest BCUT2D eigenvalue weighted by molar-refractivity contribution is -0.385. The molecule has 1 fully saturated rings. The molecule has 1 aliphatic heterocycles. The second kappa shape index (κ2) is 7.87. The van der Waals surface area contributed by atoms with Gasteiger partial charge >= 0.3 is 5.69 Å². The Morgan fingerprint density at radius 1 is 1.11 bits per heavy atom. The monoisotopic (exact) mass is 401 g/mol. The van der Waals surface area contributed by atoms with E-state index in [1.165, 1.54) is 12.4 Å². The van der Waals surface area contributed by atoms with Crippen LogP contribution >= 0.6 is 11.6 Å². The van der Waals surface area contributed by atoms with Crippen LogP contribution in [0.1, 0.15) is 5.89 Å². The summed E-state index contributed by atoms with van der Waals surface area (Å²) >= 11 is 5.90. The van der Waals surface area contributed by atoms with Gasteiger partial charge in [0.15, 0.2) is 0 Å². The zero-order valence-corrected chi connectivity index (χ0v) is 15.5. The van der Waals surface area contributed by atoms with Gasteiger partial charge in [0.25, 0.3) is 0 Å². The number of anilines is 1. The van der Waals surface area contributed by atoms with Gasteiger partial charge in [-0.3, -0.25) is 15.0 Å². The molecule has 0 atom stereocenters. The average Bonchev–Trinajstić information content (AvgIpc) is 3.18. The number of rotatable bonds is 5. The van der Waals surface area contributed by atoms with E-state index in [1.54, 1.807) is 12.1 Å². The first-order chi connectivity index (χ1) is 13.6. The molecular weight excluding hydrogens is 386 g/mol. The van der Waals surface area contributed by atoms with E-state index >= 15 is 0 Å². The molecule has 144 valence electrons. The second-order valence-electron chi connectivity index (χ2n) is 6.28. The lowest BCUT2D eigenvalue weighted by Crippen LogP contribution is -2.46. The molecule has 2 aromatic heterocycles. The van der Waals surface area contributed by atoms with Crippen LogP contribution in [0.15, 0.2) is 41.2 Å². The molecular formula is C17H16ClN7O3. The van der Waals surface area contributed by atoms with Crippen molar-refractivity contribution in [2.75, 3.05) is 31.1 Å². The van der Waals surface area contributed by atoms with Crippen molar-refractivity contribution >= 4 is 23.2 Å². The molecule has 0 amide bonds. The predicted octanol–water partition coefficient (Wildman–Crippen LogP) is 2.41. The number of nitrogens with zero attached hydrogens (tertiary/aromatic N) is 7. The molecule has 0 radical (unpaired) electrons. The summed E-state index contributed by atoms with van der Waals surface area (Å²) in [4.78, 5) is 27.0. The number of hydrogen-bond acceptors (Lipinski definition) is 9. The van der Waals surface area contributed by atoms with Crippen molar-refractivity contribution < 1.29 is 9.45 Å². The van der Waals surface area contributed by atoms with Crippen molar-refractivity contribution in [3.8, 4) is 11.4 Å². The minimum Gasteiger partial charge on any atom is -0.338 e. The van der Waals surface area contributed by atoms with Gasteiger partial charge in [0.2, 0.25) is 17.7 Å².